The number of hydrogen-bond acceptors (Lipinski definition) is 6. The maximum absolute atomic E-state index is 11.4. The van der Waals surface area contributed by atoms with Crippen LogP contribution in [0.4, 0.5) is 5.82 Å². The Kier molecular flexibility index (Phi) is 2.63. The Bertz CT molecular complexity index is 482. The fourth-order valence-electron chi connectivity index (χ4n) is 1.43. The van der Waals surface area contributed by atoms with E-state index in [0.717, 1.165) is 0 Å². The predicted molar refractivity (Wildman–Crippen MR) is 54.6 cm³/mol. The second-order valence-electron chi connectivity index (χ2n) is 3.33. The van der Waals surface area contributed by atoms with E-state index in [1.807, 2.05) is 0 Å². The molecule has 0 amide bonds. The van der Waals surface area contributed by atoms with E-state index in [0.29, 0.717) is 0 Å². The van der Waals surface area contributed by atoms with Gasteiger partial charge >= 0.3 is 5.69 Å². The number of aliphatic hydroxyl groups is 2. The normalized spacial score (nSPS) is 24.4. The third kappa shape index (κ3) is 1.77. The number of nitrogen functional groups attached to an aromatic ring is 1. The van der Waals surface area contributed by atoms with Crippen molar-refractivity contribution < 1.29 is 14.9 Å². The van der Waals surface area contributed by atoms with Crippen LogP contribution in [-0.2, 0) is 4.74 Å². The molecule has 1 aliphatic rings. The summed E-state index contributed by atoms with van der Waals surface area (Å²) in [5, 5.41) is 18.2. The second kappa shape index (κ2) is 3.95. The fraction of sp³-hybridized carbons (Fsp3) is 0.333. The molecule has 0 unspecified atom stereocenters. The van der Waals surface area contributed by atoms with Crippen molar-refractivity contribution in [3.8, 4) is 0 Å². The lowest BCUT2D eigenvalue weighted by Crippen LogP contribution is -2.28. The lowest BCUT2D eigenvalue weighted by Gasteiger charge is -2.14. The zero-order valence-electron chi connectivity index (χ0n) is 8.28. The minimum atomic E-state index is -0.797. The Balaban J connectivity index is 2.31. The highest BCUT2D eigenvalue weighted by Crippen LogP contribution is 2.23. The van der Waals surface area contributed by atoms with Crippen molar-refractivity contribution in [3.63, 3.8) is 0 Å². The van der Waals surface area contributed by atoms with Crippen LogP contribution in [0.5, 0.6) is 0 Å². The van der Waals surface area contributed by atoms with Crippen LogP contribution >= 0.6 is 0 Å². The molecule has 0 fully saturated rings. The van der Waals surface area contributed by atoms with Crippen LogP contribution in [0.25, 0.3) is 0 Å². The molecule has 86 valence electrons. The quantitative estimate of drug-likeness (QED) is 0.605. The average Bonchev–Trinajstić information content (AvgIpc) is 2.59. The molecule has 7 nitrogen and oxygen atoms in total. The highest BCUT2D eigenvalue weighted by molar-refractivity contribution is 5.24. The van der Waals surface area contributed by atoms with Gasteiger partial charge in [0.2, 0.25) is 0 Å². The molecular weight excluding hydrogens is 214 g/mol. The summed E-state index contributed by atoms with van der Waals surface area (Å²) in [5.41, 5.74) is 4.76. The van der Waals surface area contributed by atoms with E-state index in [-0.39, 0.29) is 18.2 Å². The van der Waals surface area contributed by atoms with Gasteiger partial charge in [-0.2, -0.15) is 4.98 Å². The molecular formula is C9H11N3O4. The van der Waals surface area contributed by atoms with Crippen molar-refractivity contribution >= 4 is 5.82 Å². The summed E-state index contributed by atoms with van der Waals surface area (Å²) in [7, 11) is 0. The summed E-state index contributed by atoms with van der Waals surface area (Å²) in [6.45, 7) is -0.351. The number of anilines is 1. The Hall–Kier alpha value is -1.86. The number of nitrogens with two attached hydrogens (primary N) is 1. The van der Waals surface area contributed by atoms with Crippen LogP contribution in [-0.4, -0.2) is 32.5 Å². The van der Waals surface area contributed by atoms with E-state index in [4.69, 9.17) is 15.6 Å². The molecule has 0 spiro atoms. The van der Waals surface area contributed by atoms with Gasteiger partial charge in [-0.05, 0) is 6.07 Å². The van der Waals surface area contributed by atoms with Gasteiger partial charge in [-0.1, -0.05) is 0 Å². The van der Waals surface area contributed by atoms with Gasteiger partial charge in [0.05, 0.1) is 6.61 Å². The summed E-state index contributed by atoms with van der Waals surface area (Å²) >= 11 is 0. The van der Waals surface area contributed by atoms with Crippen LogP contribution in [0, 0.1) is 0 Å². The number of aromatic nitrogens is 2. The third-order valence-corrected chi connectivity index (χ3v) is 2.24. The second-order valence-corrected chi connectivity index (χ2v) is 3.33. The summed E-state index contributed by atoms with van der Waals surface area (Å²) in [6, 6.07) is 1.45. The molecule has 2 atom stereocenters. The molecule has 4 N–H and O–H groups in total. The van der Waals surface area contributed by atoms with Gasteiger partial charge in [0.25, 0.3) is 0 Å². The lowest BCUT2D eigenvalue weighted by molar-refractivity contribution is -0.0249. The van der Waals surface area contributed by atoms with Crippen LogP contribution in [0.15, 0.2) is 28.9 Å². The molecule has 0 saturated heterocycles. The molecule has 1 aromatic heterocycles. The van der Waals surface area contributed by atoms with Gasteiger partial charge in [0, 0.05) is 12.3 Å². The van der Waals surface area contributed by atoms with Crippen LogP contribution in [0.3, 0.4) is 0 Å². The van der Waals surface area contributed by atoms with Gasteiger partial charge in [-0.15, -0.1) is 0 Å². The van der Waals surface area contributed by atoms with E-state index >= 15 is 0 Å². The van der Waals surface area contributed by atoms with Crippen molar-refractivity contribution in [1.29, 1.82) is 0 Å². The van der Waals surface area contributed by atoms with Gasteiger partial charge in [0.1, 0.15) is 17.7 Å². The minimum Gasteiger partial charge on any atom is -0.510 e. The van der Waals surface area contributed by atoms with E-state index < -0.39 is 18.0 Å². The molecule has 2 rings (SSSR count). The van der Waals surface area contributed by atoms with Gasteiger partial charge in [-0.3, -0.25) is 4.57 Å². The summed E-state index contributed by atoms with van der Waals surface area (Å²) in [5.74, 6) is 0.0161. The highest BCUT2D eigenvalue weighted by Gasteiger charge is 2.27. The average molecular weight is 225 g/mol. The summed E-state index contributed by atoms with van der Waals surface area (Å²) in [4.78, 5) is 15.0. The third-order valence-electron chi connectivity index (χ3n) is 2.24. The molecule has 0 radical (unpaired) electrons. The van der Waals surface area contributed by atoms with E-state index in [1.165, 1.54) is 22.9 Å². The first-order valence-corrected chi connectivity index (χ1v) is 4.63. The number of hydrogen-bond donors (Lipinski definition) is 3. The van der Waals surface area contributed by atoms with Gasteiger partial charge < -0.3 is 20.7 Å². The maximum Gasteiger partial charge on any atom is 0.351 e. The number of aliphatic hydroxyl groups excluding tert-OH is 2. The highest BCUT2D eigenvalue weighted by atomic mass is 16.5. The van der Waals surface area contributed by atoms with Crippen molar-refractivity contribution in [3.05, 3.63) is 34.6 Å². The van der Waals surface area contributed by atoms with Crippen molar-refractivity contribution in [2.24, 2.45) is 0 Å². The van der Waals surface area contributed by atoms with Crippen LogP contribution in [0.2, 0.25) is 0 Å². The first-order chi connectivity index (χ1) is 7.61. The Labute approximate surface area is 90.4 Å². The first kappa shape index (κ1) is 10.7. The van der Waals surface area contributed by atoms with Gasteiger partial charge in [-0.25, -0.2) is 4.79 Å². The van der Waals surface area contributed by atoms with Crippen molar-refractivity contribution in [2.75, 3.05) is 12.3 Å². The van der Waals surface area contributed by atoms with E-state index in [9.17, 15) is 9.90 Å². The molecule has 1 aliphatic heterocycles. The number of ether oxygens (including phenoxy) is 1. The van der Waals surface area contributed by atoms with E-state index in [1.54, 1.807) is 0 Å². The predicted octanol–water partition coefficient (Wildman–Crippen LogP) is -0.843. The lowest BCUT2D eigenvalue weighted by atomic mass is 10.3. The maximum atomic E-state index is 11.4. The molecule has 0 bridgehead atoms. The van der Waals surface area contributed by atoms with Crippen LogP contribution < -0.4 is 11.4 Å². The molecule has 1 aromatic rings. The minimum absolute atomic E-state index is 0.101. The largest absolute Gasteiger partial charge is 0.510 e. The number of nitrogens with zero attached hydrogens (tertiary/aromatic N) is 2. The SMILES string of the molecule is Nc1ccn([C@H]2C=C(O)[C@@H](CO)O2)c(=O)n1. The summed E-state index contributed by atoms with van der Waals surface area (Å²) in [6.07, 6.45) is 1.19. The molecule has 0 aromatic carbocycles. The smallest absolute Gasteiger partial charge is 0.351 e. The zero-order chi connectivity index (χ0) is 11.7. The summed E-state index contributed by atoms with van der Waals surface area (Å²) < 4.78 is 6.39. The Morgan fingerprint density at radius 2 is 2.38 bits per heavy atom. The van der Waals surface area contributed by atoms with Gasteiger partial charge in [0.15, 0.2) is 6.23 Å². The molecule has 2 heterocycles. The van der Waals surface area contributed by atoms with Crippen LogP contribution in [0.1, 0.15) is 6.23 Å². The molecule has 0 saturated carbocycles. The fourth-order valence-corrected chi connectivity index (χ4v) is 1.43. The monoisotopic (exact) mass is 225 g/mol. The Morgan fingerprint density at radius 3 is 2.94 bits per heavy atom. The molecule has 0 aliphatic carbocycles. The number of rotatable bonds is 2. The van der Waals surface area contributed by atoms with Crippen molar-refractivity contribution in [2.45, 2.75) is 12.3 Å². The molecule has 7 heteroatoms. The van der Waals surface area contributed by atoms with E-state index in [2.05, 4.69) is 4.98 Å². The van der Waals surface area contributed by atoms with Crippen molar-refractivity contribution in [1.82, 2.24) is 9.55 Å². The zero-order valence-corrected chi connectivity index (χ0v) is 8.28. The Morgan fingerprint density at radius 1 is 1.62 bits per heavy atom. The topological polar surface area (TPSA) is 111 Å². The standard InChI is InChI=1S/C9H11N3O4/c10-7-1-2-12(9(15)11-7)8-3-5(14)6(4-13)16-8/h1-3,6,8,13-14H,4H2,(H2,10,11,15)/t6-,8-/m1/s1. The molecule has 16 heavy (non-hydrogen) atoms. The first-order valence-electron chi connectivity index (χ1n) is 4.63.